The Hall–Kier alpha value is -1.73. The third-order valence-corrected chi connectivity index (χ3v) is 3.07. The highest BCUT2D eigenvalue weighted by Gasteiger charge is 2.16. The average Bonchev–Trinajstić information content (AvgIpc) is 2.33. The maximum Gasteiger partial charge on any atom is 0.311 e. The van der Waals surface area contributed by atoms with E-state index >= 15 is 0 Å². The smallest absolute Gasteiger partial charge is 0.311 e. The van der Waals surface area contributed by atoms with E-state index in [0.717, 1.165) is 0 Å². The topological polar surface area (TPSA) is 68.1 Å². The number of anilines is 2. The summed E-state index contributed by atoms with van der Waals surface area (Å²) < 4.78 is 13.7. The number of hydrogen-bond donors (Lipinski definition) is 1. The zero-order valence-corrected chi connectivity index (χ0v) is 11.6. The summed E-state index contributed by atoms with van der Waals surface area (Å²) in [6.45, 7) is 0. The van der Waals surface area contributed by atoms with Gasteiger partial charge in [-0.05, 0) is 40.2 Å². The van der Waals surface area contributed by atoms with Crippen LogP contribution in [-0.4, -0.2) is 9.91 Å². The zero-order valence-electron chi connectivity index (χ0n) is 9.23. The Morgan fingerprint density at radius 3 is 2.74 bits per heavy atom. The maximum atomic E-state index is 13.4. The molecule has 0 saturated carbocycles. The zero-order chi connectivity index (χ0) is 14.0. The van der Waals surface area contributed by atoms with Crippen LogP contribution in [0.5, 0.6) is 0 Å². The molecule has 98 valence electrons. The molecule has 1 aromatic heterocycles. The second-order valence-corrected chi connectivity index (χ2v) is 4.75. The Morgan fingerprint density at radius 2 is 2.11 bits per heavy atom. The standard InChI is InChI=1S/C11H6BrClFN3O2/c12-7-2-1-6(5-8(7)14)15-11-9(17(18)19)3-4-10(13)16-11/h1-5H,(H,15,16). The van der Waals surface area contributed by atoms with E-state index in [1.54, 1.807) is 6.07 Å². The molecule has 2 rings (SSSR count). The lowest BCUT2D eigenvalue weighted by molar-refractivity contribution is -0.384. The summed E-state index contributed by atoms with van der Waals surface area (Å²) in [5, 5.41) is 13.6. The van der Waals surface area contributed by atoms with E-state index in [1.807, 2.05) is 0 Å². The third-order valence-electron chi connectivity index (χ3n) is 2.22. The van der Waals surface area contributed by atoms with Gasteiger partial charge in [0.15, 0.2) is 0 Å². The van der Waals surface area contributed by atoms with Crippen molar-refractivity contribution >= 4 is 44.7 Å². The Balaban J connectivity index is 2.39. The van der Waals surface area contributed by atoms with Crippen LogP contribution in [0.4, 0.5) is 21.6 Å². The van der Waals surface area contributed by atoms with Crippen molar-refractivity contribution in [1.29, 1.82) is 0 Å². The number of benzene rings is 1. The van der Waals surface area contributed by atoms with Gasteiger partial charge >= 0.3 is 5.69 Å². The molecule has 0 radical (unpaired) electrons. The second kappa shape index (κ2) is 5.50. The molecule has 19 heavy (non-hydrogen) atoms. The summed E-state index contributed by atoms with van der Waals surface area (Å²) in [5.74, 6) is -0.533. The first-order chi connectivity index (χ1) is 8.97. The van der Waals surface area contributed by atoms with E-state index in [-0.39, 0.29) is 16.7 Å². The molecule has 1 heterocycles. The SMILES string of the molecule is O=[N+]([O-])c1ccc(Cl)nc1Nc1ccc(Br)c(F)c1. The first kappa shape index (κ1) is 13.7. The molecule has 0 spiro atoms. The molecule has 0 aliphatic carbocycles. The van der Waals surface area contributed by atoms with Gasteiger partial charge in [-0.3, -0.25) is 10.1 Å². The molecule has 5 nitrogen and oxygen atoms in total. The van der Waals surface area contributed by atoms with Crippen LogP contribution >= 0.6 is 27.5 Å². The number of aromatic nitrogens is 1. The molecule has 0 saturated heterocycles. The number of nitro groups is 1. The number of pyridine rings is 1. The number of hydrogen-bond acceptors (Lipinski definition) is 4. The minimum absolute atomic E-state index is 0.0424. The summed E-state index contributed by atoms with van der Waals surface area (Å²) in [7, 11) is 0. The van der Waals surface area contributed by atoms with Crippen molar-refractivity contribution in [3.63, 3.8) is 0 Å². The molecule has 8 heteroatoms. The number of halogens is 3. The van der Waals surface area contributed by atoms with E-state index in [4.69, 9.17) is 11.6 Å². The minimum Gasteiger partial charge on any atom is -0.334 e. The van der Waals surface area contributed by atoms with E-state index in [1.165, 1.54) is 24.3 Å². The highest BCUT2D eigenvalue weighted by Crippen LogP contribution is 2.28. The minimum atomic E-state index is -0.596. The molecule has 0 amide bonds. The lowest BCUT2D eigenvalue weighted by Gasteiger charge is -2.07. The van der Waals surface area contributed by atoms with Crippen LogP contribution in [0, 0.1) is 15.9 Å². The van der Waals surface area contributed by atoms with Crippen molar-refractivity contribution in [2.75, 3.05) is 5.32 Å². The van der Waals surface area contributed by atoms with Crippen LogP contribution in [-0.2, 0) is 0 Å². The highest BCUT2D eigenvalue weighted by atomic mass is 79.9. The molecule has 1 aromatic carbocycles. The van der Waals surface area contributed by atoms with E-state index in [2.05, 4.69) is 26.2 Å². The van der Waals surface area contributed by atoms with Gasteiger partial charge in [0.1, 0.15) is 11.0 Å². The summed E-state index contributed by atoms with van der Waals surface area (Å²) in [4.78, 5) is 14.1. The molecular formula is C11H6BrClFN3O2. The van der Waals surface area contributed by atoms with E-state index < -0.39 is 10.7 Å². The number of nitrogens with zero attached hydrogens (tertiary/aromatic N) is 2. The molecule has 0 bridgehead atoms. The normalized spacial score (nSPS) is 10.3. The predicted molar refractivity (Wildman–Crippen MR) is 73.3 cm³/mol. The van der Waals surface area contributed by atoms with Crippen molar-refractivity contribution in [3.05, 3.63) is 55.9 Å². The first-order valence-electron chi connectivity index (χ1n) is 5.00. The van der Waals surface area contributed by atoms with Crippen LogP contribution < -0.4 is 5.32 Å². The first-order valence-corrected chi connectivity index (χ1v) is 6.17. The van der Waals surface area contributed by atoms with Crippen LogP contribution in [0.2, 0.25) is 5.15 Å². The quantitative estimate of drug-likeness (QED) is 0.511. The monoisotopic (exact) mass is 345 g/mol. The highest BCUT2D eigenvalue weighted by molar-refractivity contribution is 9.10. The van der Waals surface area contributed by atoms with Gasteiger partial charge in [-0.25, -0.2) is 9.37 Å². The molecule has 2 aromatic rings. The van der Waals surface area contributed by atoms with E-state index in [9.17, 15) is 14.5 Å². The fraction of sp³-hybridized carbons (Fsp3) is 0. The summed E-state index contributed by atoms with van der Waals surface area (Å²) in [6, 6.07) is 6.77. The maximum absolute atomic E-state index is 13.4. The molecule has 0 aliphatic heterocycles. The Labute approximate surface area is 120 Å². The second-order valence-electron chi connectivity index (χ2n) is 3.51. The third kappa shape index (κ3) is 3.18. The largest absolute Gasteiger partial charge is 0.334 e. The lowest BCUT2D eigenvalue weighted by atomic mass is 10.3. The van der Waals surface area contributed by atoms with Gasteiger partial charge in [0.2, 0.25) is 5.82 Å². The van der Waals surface area contributed by atoms with Gasteiger partial charge in [-0.15, -0.1) is 0 Å². The van der Waals surface area contributed by atoms with Crippen molar-refractivity contribution in [3.8, 4) is 0 Å². The van der Waals surface area contributed by atoms with Crippen LogP contribution in [0.15, 0.2) is 34.8 Å². The fourth-order valence-electron chi connectivity index (χ4n) is 1.38. The van der Waals surface area contributed by atoms with Gasteiger partial charge in [0.05, 0.1) is 9.40 Å². The fourth-order valence-corrected chi connectivity index (χ4v) is 1.77. The van der Waals surface area contributed by atoms with Crippen molar-refractivity contribution in [2.45, 2.75) is 0 Å². The van der Waals surface area contributed by atoms with E-state index in [0.29, 0.717) is 10.2 Å². The van der Waals surface area contributed by atoms with Gasteiger partial charge in [0.25, 0.3) is 0 Å². The molecule has 0 fully saturated rings. The summed E-state index contributed by atoms with van der Waals surface area (Å²) >= 11 is 8.71. The molecular weight excluding hydrogens is 340 g/mol. The Kier molecular flexibility index (Phi) is 3.96. The van der Waals surface area contributed by atoms with Gasteiger partial charge < -0.3 is 5.32 Å². The van der Waals surface area contributed by atoms with Gasteiger partial charge in [0, 0.05) is 11.8 Å². The molecule has 0 unspecified atom stereocenters. The summed E-state index contributed by atoms with van der Waals surface area (Å²) in [6.07, 6.45) is 0. The van der Waals surface area contributed by atoms with Crippen molar-refractivity contribution < 1.29 is 9.31 Å². The average molecular weight is 347 g/mol. The van der Waals surface area contributed by atoms with Gasteiger partial charge in [-0.1, -0.05) is 11.6 Å². The van der Waals surface area contributed by atoms with Crippen LogP contribution in [0.3, 0.4) is 0 Å². The molecule has 1 N–H and O–H groups in total. The van der Waals surface area contributed by atoms with Crippen molar-refractivity contribution in [2.24, 2.45) is 0 Å². The van der Waals surface area contributed by atoms with Crippen LogP contribution in [0.25, 0.3) is 0 Å². The lowest BCUT2D eigenvalue weighted by Crippen LogP contribution is -2.00. The molecule has 0 atom stereocenters. The van der Waals surface area contributed by atoms with Crippen molar-refractivity contribution in [1.82, 2.24) is 4.98 Å². The Morgan fingerprint density at radius 1 is 1.37 bits per heavy atom. The number of rotatable bonds is 3. The number of nitrogens with one attached hydrogen (secondary N) is 1. The molecule has 0 aliphatic rings. The van der Waals surface area contributed by atoms with Gasteiger partial charge in [-0.2, -0.15) is 0 Å². The Bertz CT molecular complexity index is 654. The predicted octanol–water partition coefficient (Wildman–Crippen LogP) is 4.29. The van der Waals surface area contributed by atoms with Crippen LogP contribution in [0.1, 0.15) is 0 Å². The summed E-state index contributed by atoms with van der Waals surface area (Å²) in [5.41, 5.74) is 0.0892.